The SMILES string of the molecule is Cc1ncc(C(=O)NC(Cc2csc3ccccc23)C(=O)C(N)=O)n1-c1ccccn1. The Bertz CT molecular complexity index is 1280. The van der Waals surface area contributed by atoms with Crippen molar-refractivity contribution in [3.05, 3.63) is 77.3 Å². The average Bonchev–Trinajstić information content (AvgIpc) is 3.37. The fraction of sp³-hybridized carbons (Fsp3) is 0.136. The fourth-order valence-electron chi connectivity index (χ4n) is 3.40. The number of imidazole rings is 1. The normalized spacial score (nSPS) is 11.9. The van der Waals surface area contributed by atoms with Gasteiger partial charge < -0.3 is 11.1 Å². The van der Waals surface area contributed by atoms with E-state index >= 15 is 0 Å². The number of hydrogen-bond donors (Lipinski definition) is 2. The molecule has 0 spiro atoms. The second-order valence-corrected chi connectivity index (χ2v) is 7.84. The highest BCUT2D eigenvalue weighted by Crippen LogP contribution is 2.26. The third-order valence-electron chi connectivity index (χ3n) is 4.90. The number of Topliss-reactive ketones (excluding diaryl/α,β-unsaturated/α-hetero) is 1. The summed E-state index contributed by atoms with van der Waals surface area (Å²) in [6.07, 6.45) is 3.16. The van der Waals surface area contributed by atoms with Gasteiger partial charge in [0.25, 0.3) is 11.8 Å². The summed E-state index contributed by atoms with van der Waals surface area (Å²) in [5.74, 6) is -1.43. The van der Waals surface area contributed by atoms with Crippen molar-refractivity contribution in [2.75, 3.05) is 0 Å². The standard InChI is InChI=1S/C22H19N5O3S/c1-13-25-11-17(27(13)19-8-4-5-9-24-19)22(30)26-16(20(28)21(23)29)10-14-12-31-18-7-3-2-6-15(14)18/h2-9,11-12,16H,10H2,1H3,(H2,23,29)(H,26,30). The minimum Gasteiger partial charge on any atom is -0.363 e. The van der Waals surface area contributed by atoms with Crippen LogP contribution in [0, 0.1) is 6.92 Å². The lowest BCUT2D eigenvalue weighted by Gasteiger charge is -2.17. The Morgan fingerprint density at radius 2 is 1.90 bits per heavy atom. The van der Waals surface area contributed by atoms with Crippen molar-refractivity contribution in [1.82, 2.24) is 19.9 Å². The van der Waals surface area contributed by atoms with Gasteiger partial charge >= 0.3 is 0 Å². The Hall–Kier alpha value is -3.85. The molecule has 3 heterocycles. The van der Waals surface area contributed by atoms with E-state index in [1.54, 1.807) is 35.9 Å². The molecule has 0 saturated heterocycles. The molecular formula is C22H19N5O3S. The molecule has 3 N–H and O–H groups in total. The van der Waals surface area contributed by atoms with Crippen LogP contribution >= 0.6 is 11.3 Å². The van der Waals surface area contributed by atoms with Gasteiger partial charge in [-0.3, -0.25) is 19.0 Å². The van der Waals surface area contributed by atoms with Crippen molar-refractivity contribution < 1.29 is 14.4 Å². The minimum absolute atomic E-state index is 0.147. The van der Waals surface area contributed by atoms with Crippen LogP contribution in [0.25, 0.3) is 15.9 Å². The molecule has 0 saturated carbocycles. The molecule has 0 aliphatic heterocycles. The van der Waals surface area contributed by atoms with Crippen molar-refractivity contribution in [3.63, 3.8) is 0 Å². The summed E-state index contributed by atoms with van der Waals surface area (Å²) < 4.78 is 2.64. The van der Waals surface area contributed by atoms with E-state index in [1.807, 2.05) is 29.6 Å². The molecule has 156 valence electrons. The number of primary amides is 1. The van der Waals surface area contributed by atoms with E-state index in [0.717, 1.165) is 15.6 Å². The summed E-state index contributed by atoms with van der Waals surface area (Å²) >= 11 is 1.53. The second-order valence-electron chi connectivity index (χ2n) is 6.93. The van der Waals surface area contributed by atoms with E-state index in [9.17, 15) is 14.4 Å². The average molecular weight is 433 g/mol. The number of rotatable bonds is 7. The maximum Gasteiger partial charge on any atom is 0.287 e. The topological polar surface area (TPSA) is 120 Å². The van der Waals surface area contributed by atoms with Crippen LogP contribution in [0.1, 0.15) is 21.9 Å². The van der Waals surface area contributed by atoms with E-state index in [1.165, 1.54) is 17.5 Å². The first-order valence-electron chi connectivity index (χ1n) is 9.51. The van der Waals surface area contributed by atoms with Crippen molar-refractivity contribution in [3.8, 4) is 5.82 Å². The number of pyridine rings is 1. The molecule has 3 aromatic heterocycles. The van der Waals surface area contributed by atoms with Crippen LogP contribution in [0.5, 0.6) is 0 Å². The summed E-state index contributed by atoms with van der Waals surface area (Å²) in [5, 5.41) is 5.56. The molecule has 4 rings (SSSR count). The van der Waals surface area contributed by atoms with Crippen LogP contribution in [-0.2, 0) is 16.0 Å². The molecule has 0 radical (unpaired) electrons. The van der Waals surface area contributed by atoms with Crippen molar-refractivity contribution >= 4 is 39.0 Å². The molecule has 2 amide bonds. The zero-order valence-electron chi connectivity index (χ0n) is 16.6. The number of amides is 2. The first kappa shape index (κ1) is 20.4. The third kappa shape index (κ3) is 4.08. The number of ketones is 1. The van der Waals surface area contributed by atoms with Crippen LogP contribution in [0.4, 0.5) is 0 Å². The molecule has 8 nitrogen and oxygen atoms in total. The van der Waals surface area contributed by atoms with Gasteiger partial charge in [0.2, 0.25) is 5.78 Å². The quantitative estimate of drug-likeness (QED) is 0.433. The number of aromatic nitrogens is 3. The van der Waals surface area contributed by atoms with E-state index in [4.69, 9.17) is 5.73 Å². The zero-order valence-corrected chi connectivity index (χ0v) is 17.4. The summed E-state index contributed by atoms with van der Waals surface area (Å²) in [6.45, 7) is 1.75. The lowest BCUT2D eigenvalue weighted by Crippen LogP contribution is -2.47. The summed E-state index contributed by atoms with van der Waals surface area (Å²) in [5.41, 5.74) is 6.31. The Morgan fingerprint density at radius 3 is 2.65 bits per heavy atom. The maximum absolute atomic E-state index is 13.1. The van der Waals surface area contributed by atoms with Gasteiger partial charge in [0, 0.05) is 17.3 Å². The van der Waals surface area contributed by atoms with Crippen LogP contribution in [0.2, 0.25) is 0 Å². The second kappa shape index (κ2) is 8.49. The summed E-state index contributed by atoms with van der Waals surface area (Å²) in [4.78, 5) is 45.7. The van der Waals surface area contributed by atoms with Gasteiger partial charge in [-0.2, -0.15) is 0 Å². The molecule has 0 aliphatic rings. The third-order valence-corrected chi connectivity index (χ3v) is 5.91. The number of hydrogen-bond acceptors (Lipinski definition) is 6. The molecule has 0 fully saturated rings. The molecule has 0 aliphatic carbocycles. The number of aryl methyl sites for hydroxylation is 1. The number of carbonyl (C=O) groups is 3. The number of benzene rings is 1. The predicted molar refractivity (Wildman–Crippen MR) is 117 cm³/mol. The van der Waals surface area contributed by atoms with Gasteiger partial charge in [0.15, 0.2) is 0 Å². The molecule has 1 atom stereocenters. The summed E-state index contributed by atoms with van der Waals surface area (Å²) in [6, 6.07) is 11.9. The number of thiophene rings is 1. The highest BCUT2D eigenvalue weighted by molar-refractivity contribution is 7.17. The highest BCUT2D eigenvalue weighted by Gasteiger charge is 2.28. The lowest BCUT2D eigenvalue weighted by molar-refractivity contribution is -0.137. The lowest BCUT2D eigenvalue weighted by atomic mass is 10.0. The Kier molecular flexibility index (Phi) is 5.59. The molecule has 1 unspecified atom stereocenters. The van der Waals surface area contributed by atoms with E-state index < -0.39 is 23.6 Å². The Morgan fingerprint density at radius 1 is 1.13 bits per heavy atom. The van der Waals surface area contributed by atoms with Gasteiger partial charge in [0.05, 0.1) is 6.20 Å². The number of nitrogens with two attached hydrogens (primary N) is 1. The van der Waals surface area contributed by atoms with E-state index in [0.29, 0.717) is 11.6 Å². The van der Waals surface area contributed by atoms with Crippen LogP contribution in [0.15, 0.2) is 60.2 Å². The van der Waals surface area contributed by atoms with Crippen LogP contribution in [-0.4, -0.2) is 38.2 Å². The molecule has 0 bridgehead atoms. The van der Waals surface area contributed by atoms with Gasteiger partial charge in [-0.25, -0.2) is 9.97 Å². The van der Waals surface area contributed by atoms with Crippen LogP contribution in [0.3, 0.4) is 0 Å². The first-order chi connectivity index (χ1) is 15.0. The van der Waals surface area contributed by atoms with Crippen LogP contribution < -0.4 is 11.1 Å². The number of nitrogens with one attached hydrogen (secondary N) is 1. The molecule has 9 heteroatoms. The van der Waals surface area contributed by atoms with Gasteiger partial charge in [0.1, 0.15) is 23.4 Å². The first-order valence-corrected chi connectivity index (χ1v) is 10.4. The largest absolute Gasteiger partial charge is 0.363 e. The molecular weight excluding hydrogens is 414 g/mol. The smallest absolute Gasteiger partial charge is 0.287 e. The maximum atomic E-state index is 13.1. The number of fused-ring (bicyclic) bond motifs is 1. The van der Waals surface area contributed by atoms with Gasteiger partial charge in [-0.15, -0.1) is 11.3 Å². The number of nitrogens with zero attached hydrogens (tertiary/aromatic N) is 3. The monoisotopic (exact) mass is 433 g/mol. The molecule has 4 aromatic rings. The number of carbonyl (C=O) groups excluding carboxylic acids is 3. The molecule has 1 aromatic carbocycles. The predicted octanol–water partition coefficient (Wildman–Crippen LogP) is 2.19. The van der Waals surface area contributed by atoms with Crippen molar-refractivity contribution in [1.29, 1.82) is 0 Å². The van der Waals surface area contributed by atoms with Gasteiger partial charge in [-0.05, 0) is 41.5 Å². The van der Waals surface area contributed by atoms with Crippen molar-refractivity contribution in [2.45, 2.75) is 19.4 Å². The molecule has 31 heavy (non-hydrogen) atoms. The summed E-state index contributed by atoms with van der Waals surface area (Å²) in [7, 11) is 0. The van der Waals surface area contributed by atoms with E-state index in [2.05, 4.69) is 15.3 Å². The Labute approximate surface area is 181 Å². The van der Waals surface area contributed by atoms with Gasteiger partial charge in [-0.1, -0.05) is 24.3 Å². The van der Waals surface area contributed by atoms with E-state index in [-0.39, 0.29) is 12.1 Å². The highest BCUT2D eigenvalue weighted by atomic mass is 32.1. The zero-order chi connectivity index (χ0) is 22.0. The minimum atomic E-state index is -1.10. The Balaban J connectivity index is 1.65. The fourth-order valence-corrected chi connectivity index (χ4v) is 4.38. The van der Waals surface area contributed by atoms with Crippen molar-refractivity contribution in [2.24, 2.45) is 5.73 Å².